The molecule has 0 fully saturated rings. The monoisotopic (exact) mass is 257 g/mol. The molecule has 0 rings (SSSR count). The molecule has 0 saturated heterocycles. The van der Waals surface area contributed by atoms with Crippen molar-refractivity contribution in [3.63, 3.8) is 0 Å². The first-order chi connectivity index (χ1) is 8.26. The van der Waals surface area contributed by atoms with Crippen molar-refractivity contribution in [2.24, 2.45) is 17.1 Å². The molecule has 3 nitrogen and oxygen atoms in total. The maximum absolute atomic E-state index is 5.78. The molecule has 0 aromatic carbocycles. The third-order valence-corrected chi connectivity index (χ3v) is 3.37. The Morgan fingerprint density at radius 2 is 1.67 bits per heavy atom. The first kappa shape index (κ1) is 17.9. The number of hydrogen-bond donors (Lipinski definition) is 1. The van der Waals surface area contributed by atoms with E-state index < -0.39 is 0 Å². The summed E-state index contributed by atoms with van der Waals surface area (Å²) in [7, 11) is 4.29. The van der Waals surface area contributed by atoms with Gasteiger partial charge in [0.1, 0.15) is 0 Å². The van der Waals surface area contributed by atoms with Crippen LogP contribution in [-0.2, 0) is 0 Å². The lowest BCUT2D eigenvalue weighted by molar-refractivity contribution is 0.203. The highest BCUT2D eigenvalue weighted by molar-refractivity contribution is 4.71. The minimum Gasteiger partial charge on any atom is -0.330 e. The van der Waals surface area contributed by atoms with Gasteiger partial charge in [-0.25, -0.2) is 0 Å². The van der Waals surface area contributed by atoms with Crippen LogP contribution < -0.4 is 5.73 Å². The fourth-order valence-electron chi connectivity index (χ4n) is 2.04. The Morgan fingerprint density at radius 1 is 1.06 bits per heavy atom. The molecule has 2 N–H and O–H groups in total. The van der Waals surface area contributed by atoms with Crippen LogP contribution in [-0.4, -0.2) is 56.6 Å². The summed E-state index contributed by atoms with van der Waals surface area (Å²) in [6.07, 6.45) is 2.48. The first-order valence-corrected chi connectivity index (χ1v) is 7.34. The van der Waals surface area contributed by atoms with E-state index in [1.54, 1.807) is 0 Å². The number of nitrogens with zero attached hydrogens (tertiary/aromatic N) is 2. The van der Waals surface area contributed by atoms with Crippen LogP contribution in [0, 0.1) is 11.3 Å². The minimum atomic E-state index is 0.297. The second-order valence-corrected chi connectivity index (χ2v) is 6.97. The number of hydrogen-bond acceptors (Lipinski definition) is 3. The topological polar surface area (TPSA) is 32.5 Å². The van der Waals surface area contributed by atoms with Crippen LogP contribution in [0.4, 0.5) is 0 Å². The summed E-state index contributed by atoms with van der Waals surface area (Å²) in [5.74, 6) is 0.745. The average molecular weight is 257 g/mol. The maximum Gasteiger partial charge on any atom is 0.0109 e. The van der Waals surface area contributed by atoms with E-state index in [1.165, 1.54) is 32.5 Å². The van der Waals surface area contributed by atoms with Crippen LogP contribution in [0.25, 0.3) is 0 Å². The van der Waals surface area contributed by atoms with Crippen molar-refractivity contribution in [3.05, 3.63) is 0 Å². The molecule has 0 saturated carbocycles. The molecule has 0 radical (unpaired) electrons. The SMILES string of the molecule is CC(C)CN(CCCC(C)(C)CN)CCN(C)C. The molecule has 110 valence electrons. The van der Waals surface area contributed by atoms with Gasteiger partial charge in [0.05, 0.1) is 0 Å². The summed E-state index contributed by atoms with van der Waals surface area (Å²) >= 11 is 0. The Balaban J connectivity index is 4.00. The fourth-order valence-corrected chi connectivity index (χ4v) is 2.04. The van der Waals surface area contributed by atoms with Crippen molar-refractivity contribution in [1.29, 1.82) is 0 Å². The lowest BCUT2D eigenvalue weighted by Gasteiger charge is -2.28. The van der Waals surface area contributed by atoms with E-state index in [9.17, 15) is 0 Å². The number of rotatable bonds is 10. The molecule has 0 spiro atoms. The highest BCUT2D eigenvalue weighted by Crippen LogP contribution is 2.20. The van der Waals surface area contributed by atoms with Gasteiger partial charge in [0.25, 0.3) is 0 Å². The summed E-state index contributed by atoms with van der Waals surface area (Å²) in [5.41, 5.74) is 6.08. The Kier molecular flexibility index (Phi) is 8.83. The van der Waals surface area contributed by atoms with E-state index in [-0.39, 0.29) is 0 Å². The lowest BCUT2D eigenvalue weighted by atomic mass is 9.88. The van der Waals surface area contributed by atoms with Crippen molar-refractivity contribution in [1.82, 2.24) is 9.80 Å². The summed E-state index contributed by atoms with van der Waals surface area (Å²) in [6.45, 7) is 14.6. The van der Waals surface area contributed by atoms with Gasteiger partial charge in [0.2, 0.25) is 0 Å². The van der Waals surface area contributed by atoms with Gasteiger partial charge in [-0.15, -0.1) is 0 Å². The molecule has 0 heterocycles. The molecular formula is C15H35N3. The summed E-state index contributed by atoms with van der Waals surface area (Å²) in [6, 6.07) is 0. The van der Waals surface area contributed by atoms with Gasteiger partial charge < -0.3 is 15.5 Å². The summed E-state index contributed by atoms with van der Waals surface area (Å²) in [4.78, 5) is 4.86. The minimum absolute atomic E-state index is 0.297. The zero-order valence-corrected chi connectivity index (χ0v) is 13.5. The van der Waals surface area contributed by atoms with Crippen LogP contribution in [0.2, 0.25) is 0 Å². The molecule has 0 aliphatic carbocycles. The van der Waals surface area contributed by atoms with Crippen LogP contribution in [0.1, 0.15) is 40.5 Å². The van der Waals surface area contributed by atoms with E-state index in [0.717, 1.165) is 19.0 Å². The second-order valence-electron chi connectivity index (χ2n) is 6.97. The molecule has 0 atom stereocenters. The van der Waals surface area contributed by atoms with Gasteiger partial charge in [-0.3, -0.25) is 0 Å². The first-order valence-electron chi connectivity index (χ1n) is 7.34. The van der Waals surface area contributed by atoms with E-state index in [2.05, 4.69) is 51.6 Å². The standard InChI is InChI=1S/C15H35N3/c1-14(2)12-18(11-10-17(5)6)9-7-8-15(3,4)13-16/h14H,7-13,16H2,1-6H3. The van der Waals surface area contributed by atoms with E-state index in [0.29, 0.717) is 5.41 Å². The fraction of sp³-hybridized carbons (Fsp3) is 1.00. The Morgan fingerprint density at radius 3 is 2.11 bits per heavy atom. The quantitative estimate of drug-likeness (QED) is 0.652. The Hall–Kier alpha value is -0.120. The number of likely N-dealkylation sites (N-methyl/N-ethyl adjacent to an activating group) is 1. The summed E-state index contributed by atoms with van der Waals surface area (Å²) in [5, 5.41) is 0. The largest absolute Gasteiger partial charge is 0.330 e. The van der Waals surface area contributed by atoms with Crippen LogP contribution in [0.5, 0.6) is 0 Å². The van der Waals surface area contributed by atoms with Crippen LogP contribution in [0.3, 0.4) is 0 Å². The highest BCUT2D eigenvalue weighted by Gasteiger charge is 2.16. The van der Waals surface area contributed by atoms with E-state index in [1.807, 2.05) is 0 Å². The Labute approximate surface area is 115 Å². The van der Waals surface area contributed by atoms with Gasteiger partial charge >= 0.3 is 0 Å². The van der Waals surface area contributed by atoms with Gasteiger partial charge in [0.15, 0.2) is 0 Å². The third kappa shape index (κ3) is 9.86. The molecule has 0 unspecified atom stereocenters. The molecular weight excluding hydrogens is 222 g/mol. The molecule has 0 aromatic heterocycles. The van der Waals surface area contributed by atoms with Crippen molar-refractivity contribution < 1.29 is 0 Å². The van der Waals surface area contributed by atoms with Gasteiger partial charge in [-0.05, 0) is 51.4 Å². The van der Waals surface area contributed by atoms with Crippen LogP contribution >= 0.6 is 0 Å². The molecule has 0 amide bonds. The van der Waals surface area contributed by atoms with E-state index >= 15 is 0 Å². The zero-order chi connectivity index (χ0) is 14.2. The van der Waals surface area contributed by atoms with Gasteiger partial charge in [0, 0.05) is 19.6 Å². The molecule has 18 heavy (non-hydrogen) atoms. The Bertz CT molecular complexity index is 200. The third-order valence-electron chi connectivity index (χ3n) is 3.37. The molecule has 0 bridgehead atoms. The molecule has 0 aromatic rings. The van der Waals surface area contributed by atoms with Gasteiger partial charge in [-0.1, -0.05) is 27.7 Å². The predicted molar refractivity (Wildman–Crippen MR) is 81.9 cm³/mol. The van der Waals surface area contributed by atoms with Crippen molar-refractivity contribution in [2.75, 3.05) is 46.8 Å². The smallest absolute Gasteiger partial charge is 0.0109 e. The van der Waals surface area contributed by atoms with Crippen molar-refractivity contribution in [3.8, 4) is 0 Å². The zero-order valence-electron chi connectivity index (χ0n) is 13.5. The van der Waals surface area contributed by atoms with Crippen molar-refractivity contribution in [2.45, 2.75) is 40.5 Å². The maximum atomic E-state index is 5.78. The normalized spacial score (nSPS) is 13.0. The van der Waals surface area contributed by atoms with E-state index in [4.69, 9.17) is 5.73 Å². The second kappa shape index (κ2) is 8.89. The van der Waals surface area contributed by atoms with Crippen LogP contribution in [0.15, 0.2) is 0 Å². The molecule has 3 heteroatoms. The average Bonchev–Trinajstić information content (AvgIpc) is 2.24. The number of nitrogens with two attached hydrogens (primary N) is 1. The molecule has 0 aliphatic heterocycles. The lowest BCUT2D eigenvalue weighted by Crippen LogP contribution is -2.35. The predicted octanol–water partition coefficient (Wildman–Crippen LogP) is 2.27. The summed E-state index contributed by atoms with van der Waals surface area (Å²) < 4.78 is 0. The molecule has 0 aliphatic rings. The highest BCUT2D eigenvalue weighted by atomic mass is 15.2. The van der Waals surface area contributed by atoms with Crippen molar-refractivity contribution >= 4 is 0 Å². The van der Waals surface area contributed by atoms with Gasteiger partial charge in [-0.2, -0.15) is 0 Å².